The molecule has 0 aromatic heterocycles. The van der Waals surface area contributed by atoms with Crippen LogP contribution in [0.4, 0.5) is 15.8 Å². The molecular weight excluding hydrogens is 229 g/mol. The summed E-state index contributed by atoms with van der Waals surface area (Å²) >= 11 is 0. The van der Waals surface area contributed by atoms with E-state index in [0.29, 0.717) is 23.5 Å². The van der Waals surface area contributed by atoms with E-state index < -0.39 is 0 Å². The number of nitrogens with one attached hydrogen (secondary N) is 1. The van der Waals surface area contributed by atoms with Gasteiger partial charge < -0.3 is 11.1 Å². The summed E-state index contributed by atoms with van der Waals surface area (Å²) in [4.78, 5) is 0. The van der Waals surface area contributed by atoms with Gasteiger partial charge in [0.1, 0.15) is 11.9 Å². The van der Waals surface area contributed by atoms with Crippen molar-refractivity contribution in [2.45, 2.75) is 6.54 Å². The molecule has 2 aromatic carbocycles. The predicted octanol–water partition coefficient (Wildman–Crippen LogP) is 2.90. The second-order valence-corrected chi connectivity index (χ2v) is 3.80. The highest BCUT2D eigenvalue weighted by atomic mass is 19.1. The molecule has 2 aromatic rings. The Hall–Kier alpha value is -2.38. The van der Waals surface area contributed by atoms with Crippen molar-refractivity contribution in [2.75, 3.05) is 5.32 Å². The van der Waals surface area contributed by atoms with Crippen molar-refractivity contribution in [1.82, 2.24) is 0 Å². The van der Waals surface area contributed by atoms with Crippen LogP contribution in [0.1, 0.15) is 11.1 Å². The van der Waals surface area contributed by atoms with E-state index in [2.05, 4.69) is 11.4 Å². The molecule has 0 bridgehead atoms. The number of benzene rings is 2. The molecule has 0 aliphatic carbocycles. The fraction of sp³-hybridized carbons (Fsp3) is 0.0714. The van der Waals surface area contributed by atoms with Gasteiger partial charge in [-0.3, -0.25) is 0 Å². The van der Waals surface area contributed by atoms with Gasteiger partial charge in [-0.15, -0.1) is 0 Å². The maximum absolute atomic E-state index is 13.8. The van der Waals surface area contributed by atoms with Crippen molar-refractivity contribution in [3.8, 4) is 6.07 Å². The summed E-state index contributed by atoms with van der Waals surface area (Å²) in [5.74, 6) is -0.384. The molecule has 0 heterocycles. The molecule has 0 fully saturated rings. The van der Waals surface area contributed by atoms with Gasteiger partial charge in [-0.2, -0.15) is 5.26 Å². The number of rotatable bonds is 3. The average molecular weight is 241 g/mol. The largest absolute Gasteiger partial charge is 0.352 e. The van der Waals surface area contributed by atoms with Gasteiger partial charge in [0.2, 0.25) is 0 Å². The lowest BCUT2D eigenvalue weighted by Gasteiger charge is -2.09. The monoisotopic (exact) mass is 241 g/mol. The summed E-state index contributed by atoms with van der Waals surface area (Å²) in [6.07, 6.45) is 0. The van der Waals surface area contributed by atoms with Gasteiger partial charge in [-0.25, -0.2) is 4.39 Å². The Balaban J connectivity index is 2.32. The zero-order valence-corrected chi connectivity index (χ0v) is 9.65. The first-order valence-electron chi connectivity index (χ1n) is 5.49. The van der Waals surface area contributed by atoms with E-state index in [-0.39, 0.29) is 5.82 Å². The Morgan fingerprint density at radius 3 is 2.61 bits per heavy atom. The maximum atomic E-state index is 13.8. The molecule has 0 saturated carbocycles. The summed E-state index contributed by atoms with van der Waals surface area (Å²) < 4.78 is 13.8. The van der Waals surface area contributed by atoms with Crippen LogP contribution in [0.3, 0.4) is 0 Å². The third-order valence-corrected chi connectivity index (χ3v) is 2.59. The smallest absolute Gasteiger partial charge is 0.146 e. The summed E-state index contributed by atoms with van der Waals surface area (Å²) in [6, 6.07) is 13.8. The van der Waals surface area contributed by atoms with Crippen molar-refractivity contribution in [1.29, 1.82) is 5.26 Å². The third kappa shape index (κ3) is 2.47. The summed E-state index contributed by atoms with van der Waals surface area (Å²) in [5, 5.41) is 11.9. The SMILES string of the molecule is N#Cc1ccccc1Nc1ccc(CN)cc1F. The number of hydrogen-bond acceptors (Lipinski definition) is 3. The summed E-state index contributed by atoms with van der Waals surface area (Å²) in [6.45, 7) is 0.298. The number of nitrogens with two attached hydrogens (primary N) is 1. The average Bonchev–Trinajstić information content (AvgIpc) is 2.41. The van der Waals surface area contributed by atoms with Crippen molar-refractivity contribution in [2.24, 2.45) is 5.73 Å². The van der Waals surface area contributed by atoms with Crippen LogP contribution in [-0.4, -0.2) is 0 Å². The van der Waals surface area contributed by atoms with Crippen LogP contribution in [0.5, 0.6) is 0 Å². The van der Waals surface area contributed by atoms with Gasteiger partial charge >= 0.3 is 0 Å². The topological polar surface area (TPSA) is 61.8 Å². The predicted molar refractivity (Wildman–Crippen MR) is 68.7 cm³/mol. The molecule has 0 spiro atoms. The lowest BCUT2D eigenvalue weighted by Crippen LogP contribution is -2.00. The molecule has 0 amide bonds. The third-order valence-electron chi connectivity index (χ3n) is 2.59. The molecule has 3 nitrogen and oxygen atoms in total. The lowest BCUT2D eigenvalue weighted by atomic mass is 10.1. The Morgan fingerprint density at radius 1 is 1.17 bits per heavy atom. The fourth-order valence-corrected chi connectivity index (χ4v) is 1.62. The van der Waals surface area contributed by atoms with E-state index in [1.807, 2.05) is 0 Å². The Kier molecular flexibility index (Phi) is 3.56. The van der Waals surface area contributed by atoms with E-state index in [1.165, 1.54) is 6.07 Å². The Morgan fingerprint density at radius 2 is 1.94 bits per heavy atom. The van der Waals surface area contributed by atoms with Gasteiger partial charge in [0.05, 0.1) is 16.9 Å². The molecule has 4 heteroatoms. The molecule has 0 aliphatic rings. The molecular formula is C14H12FN3. The van der Waals surface area contributed by atoms with Crippen LogP contribution in [-0.2, 0) is 6.54 Å². The van der Waals surface area contributed by atoms with Gasteiger partial charge in [0.15, 0.2) is 0 Å². The fourth-order valence-electron chi connectivity index (χ4n) is 1.62. The van der Waals surface area contributed by atoms with Crippen LogP contribution in [0.2, 0.25) is 0 Å². The molecule has 0 saturated heterocycles. The number of anilines is 2. The Labute approximate surface area is 105 Å². The highest BCUT2D eigenvalue weighted by Crippen LogP contribution is 2.23. The van der Waals surface area contributed by atoms with Crippen molar-refractivity contribution in [3.63, 3.8) is 0 Å². The number of halogens is 1. The van der Waals surface area contributed by atoms with Crippen molar-refractivity contribution >= 4 is 11.4 Å². The highest BCUT2D eigenvalue weighted by molar-refractivity contribution is 5.66. The standard InChI is InChI=1S/C14H12FN3/c15-12-7-10(8-16)5-6-14(12)18-13-4-2-1-3-11(13)9-17/h1-7,18H,8,16H2. The zero-order valence-electron chi connectivity index (χ0n) is 9.65. The maximum Gasteiger partial charge on any atom is 0.146 e. The summed E-state index contributed by atoms with van der Waals surface area (Å²) in [5.41, 5.74) is 7.55. The van der Waals surface area contributed by atoms with Crippen LogP contribution in [0.15, 0.2) is 42.5 Å². The van der Waals surface area contributed by atoms with Crippen LogP contribution >= 0.6 is 0 Å². The lowest BCUT2D eigenvalue weighted by molar-refractivity contribution is 0.629. The number of hydrogen-bond donors (Lipinski definition) is 2. The molecule has 2 rings (SSSR count). The molecule has 0 unspecified atom stereocenters. The van der Waals surface area contributed by atoms with Crippen LogP contribution in [0, 0.1) is 17.1 Å². The first-order valence-corrected chi connectivity index (χ1v) is 5.49. The minimum absolute atomic E-state index is 0.298. The van der Waals surface area contributed by atoms with Gasteiger partial charge in [-0.05, 0) is 29.8 Å². The number of nitriles is 1. The molecule has 0 radical (unpaired) electrons. The van der Waals surface area contributed by atoms with Crippen LogP contribution in [0.25, 0.3) is 0 Å². The number of para-hydroxylation sites is 1. The van der Waals surface area contributed by atoms with Crippen molar-refractivity contribution < 1.29 is 4.39 Å². The van der Waals surface area contributed by atoms with Crippen LogP contribution < -0.4 is 11.1 Å². The molecule has 90 valence electrons. The van der Waals surface area contributed by atoms with E-state index in [0.717, 1.165) is 5.56 Å². The van der Waals surface area contributed by atoms with E-state index in [9.17, 15) is 4.39 Å². The minimum Gasteiger partial charge on any atom is -0.352 e. The highest BCUT2D eigenvalue weighted by Gasteiger charge is 2.06. The molecule has 0 aliphatic heterocycles. The minimum atomic E-state index is -0.384. The summed E-state index contributed by atoms with van der Waals surface area (Å²) in [7, 11) is 0. The second-order valence-electron chi connectivity index (χ2n) is 3.80. The molecule has 3 N–H and O–H groups in total. The number of nitrogens with zero attached hydrogens (tertiary/aromatic N) is 1. The first kappa shape index (κ1) is 12.1. The van der Waals surface area contributed by atoms with E-state index in [1.54, 1.807) is 36.4 Å². The van der Waals surface area contributed by atoms with Crippen molar-refractivity contribution in [3.05, 3.63) is 59.4 Å². The Bertz CT molecular complexity index is 602. The van der Waals surface area contributed by atoms with Gasteiger partial charge in [0, 0.05) is 6.54 Å². The normalized spacial score (nSPS) is 9.83. The molecule has 0 atom stereocenters. The first-order chi connectivity index (χ1) is 8.74. The quantitative estimate of drug-likeness (QED) is 0.868. The second kappa shape index (κ2) is 5.30. The van der Waals surface area contributed by atoms with E-state index in [4.69, 9.17) is 11.0 Å². The van der Waals surface area contributed by atoms with E-state index >= 15 is 0 Å². The van der Waals surface area contributed by atoms with Gasteiger partial charge in [-0.1, -0.05) is 18.2 Å². The van der Waals surface area contributed by atoms with Gasteiger partial charge in [0.25, 0.3) is 0 Å². The molecule has 18 heavy (non-hydrogen) atoms. The zero-order chi connectivity index (χ0) is 13.0.